The lowest BCUT2D eigenvalue weighted by atomic mass is 9.99. The van der Waals surface area contributed by atoms with Gasteiger partial charge >= 0.3 is 0 Å². The van der Waals surface area contributed by atoms with Gasteiger partial charge in [0.2, 0.25) is 0 Å². The van der Waals surface area contributed by atoms with Gasteiger partial charge in [0.25, 0.3) is 0 Å². The average molecular weight is 199 g/mol. The topological polar surface area (TPSA) is 21.3 Å². The summed E-state index contributed by atoms with van der Waals surface area (Å²) in [6.45, 7) is 8.90. The number of nitrogens with one attached hydrogen (secondary N) is 1. The van der Waals surface area contributed by atoms with Crippen LogP contribution < -0.4 is 5.32 Å². The zero-order valence-corrected chi connectivity index (χ0v) is 9.72. The Bertz CT molecular complexity index is 128. The molecule has 0 spiro atoms. The zero-order valence-electron chi connectivity index (χ0n) is 9.72. The summed E-state index contributed by atoms with van der Waals surface area (Å²) in [5.41, 5.74) is 0. The van der Waals surface area contributed by atoms with Crippen molar-refractivity contribution in [3.8, 4) is 0 Å². The molecule has 1 saturated heterocycles. The van der Waals surface area contributed by atoms with Crippen molar-refractivity contribution in [1.29, 1.82) is 0 Å². The van der Waals surface area contributed by atoms with E-state index in [2.05, 4.69) is 19.2 Å². The van der Waals surface area contributed by atoms with Crippen LogP contribution in [-0.4, -0.2) is 26.3 Å². The molecule has 0 aliphatic carbocycles. The lowest BCUT2D eigenvalue weighted by Crippen LogP contribution is -2.30. The van der Waals surface area contributed by atoms with Crippen molar-refractivity contribution in [3.05, 3.63) is 0 Å². The second kappa shape index (κ2) is 7.24. The Balaban J connectivity index is 2.01. The fourth-order valence-corrected chi connectivity index (χ4v) is 2.02. The molecule has 1 heterocycles. The summed E-state index contributed by atoms with van der Waals surface area (Å²) in [5, 5.41) is 3.60. The normalized spacial score (nSPS) is 19.1. The summed E-state index contributed by atoms with van der Waals surface area (Å²) in [5.74, 6) is 1.73. The maximum atomic E-state index is 5.34. The van der Waals surface area contributed by atoms with E-state index in [9.17, 15) is 0 Å². The Hall–Kier alpha value is -0.0800. The maximum absolute atomic E-state index is 5.34. The van der Waals surface area contributed by atoms with Crippen LogP contribution in [-0.2, 0) is 4.74 Å². The van der Waals surface area contributed by atoms with E-state index < -0.39 is 0 Å². The van der Waals surface area contributed by atoms with E-state index in [4.69, 9.17) is 4.74 Å². The first kappa shape index (κ1) is 12.0. The number of ether oxygens (including phenoxy) is 1. The first-order valence-electron chi connectivity index (χ1n) is 6.15. The molecule has 2 heteroatoms. The molecule has 0 aromatic rings. The van der Waals surface area contributed by atoms with Gasteiger partial charge in [-0.25, -0.2) is 0 Å². The van der Waals surface area contributed by atoms with Crippen LogP contribution in [0.2, 0.25) is 0 Å². The van der Waals surface area contributed by atoms with Crippen molar-refractivity contribution >= 4 is 0 Å². The van der Waals surface area contributed by atoms with Crippen LogP contribution in [0.1, 0.15) is 39.5 Å². The molecule has 0 saturated carbocycles. The molecule has 0 aromatic carbocycles. The van der Waals surface area contributed by atoms with Gasteiger partial charge in [-0.15, -0.1) is 0 Å². The van der Waals surface area contributed by atoms with E-state index in [0.29, 0.717) is 0 Å². The maximum Gasteiger partial charge on any atom is 0.0469 e. The standard InChI is InChI=1S/C12H25NO/c1-3-11(4-2)9-13-10-12-5-7-14-8-6-12/h11-13H,3-10H2,1-2H3. The highest BCUT2D eigenvalue weighted by atomic mass is 16.5. The monoisotopic (exact) mass is 199 g/mol. The van der Waals surface area contributed by atoms with Crippen molar-refractivity contribution in [2.24, 2.45) is 11.8 Å². The van der Waals surface area contributed by atoms with Gasteiger partial charge in [0.05, 0.1) is 0 Å². The summed E-state index contributed by atoms with van der Waals surface area (Å²) >= 11 is 0. The van der Waals surface area contributed by atoms with Gasteiger partial charge in [-0.1, -0.05) is 26.7 Å². The second-order valence-electron chi connectivity index (χ2n) is 4.40. The fraction of sp³-hybridized carbons (Fsp3) is 1.00. The minimum atomic E-state index is 0.859. The minimum Gasteiger partial charge on any atom is -0.381 e. The van der Waals surface area contributed by atoms with Crippen molar-refractivity contribution < 1.29 is 4.74 Å². The minimum absolute atomic E-state index is 0.859. The van der Waals surface area contributed by atoms with Gasteiger partial charge in [0, 0.05) is 13.2 Å². The highest BCUT2D eigenvalue weighted by molar-refractivity contribution is 4.67. The van der Waals surface area contributed by atoms with Crippen molar-refractivity contribution in [3.63, 3.8) is 0 Å². The molecule has 1 fully saturated rings. The summed E-state index contributed by atoms with van der Waals surface area (Å²) in [7, 11) is 0. The van der Waals surface area contributed by atoms with Crippen LogP contribution in [0.25, 0.3) is 0 Å². The van der Waals surface area contributed by atoms with E-state index in [1.165, 1.54) is 38.8 Å². The van der Waals surface area contributed by atoms with Crippen LogP contribution >= 0.6 is 0 Å². The van der Waals surface area contributed by atoms with E-state index in [-0.39, 0.29) is 0 Å². The molecule has 1 rings (SSSR count). The molecule has 0 bridgehead atoms. The van der Waals surface area contributed by atoms with Gasteiger partial charge in [-0.3, -0.25) is 0 Å². The third-order valence-electron chi connectivity index (χ3n) is 3.36. The molecule has 14 heavy (non-hydrogen) atoms. The summed E-state index contributed by atoms with van der Waals surface area (Å²) in [6, 6.07) is 0. The number of hydrogen-bond donors (Lipinski definition) is 1. The first-order chi connectivity index (χ1) is 6.86. The SMILES string of the molecule is CCC(CC)CNCC1CCOCC1. The lowest BCUT2D eigenvalue weighted by Gasteiger charge is -2.23. The number of hydrogen-bond acceptors (Lipinski definition) is 2. The quantitative estimate of drug-likeness (QED) is 0.709. The molecule has 2 nitrogen and oxygen atoms in total. The Morgan fingerprint density at radius 3 is 2.43 bits per heavy atom. The summed E-state index contributed by atoms with van der Waals surface area (Å²) in [4.78, 5) is 0. The largest absolute Gasteiger partial charge is 0.381 e. The molecule has 1 aliphatic rings. The van der Waals surface area contributed by atoms with Gasteiger partial charge in [0.1, 0.15) is 0 Å². The van der Waals surface area contributed by atoms with E-state index >= 15 is 0 Å². The highest BCUT2D eigenvalue weighted by Crippen LogP contribution is 2.13. The molecule has 0 radical (unpaired) electrons. The van der Waals surface area contributed by atoms with Gasteiger partial charge < -0.3 is 10.1 Å². The predicted molar refractivity (Wildman–Crippen MR) is 60.5 cm³/mol. The van der Waals surface area contributed by atoms with Crippen molar-refractivity contribution in [1.82, 2.24) is 5.32 Å². The molecular formula is C12H25NO. The third kappa shape index (κ3) is 4.43. The third-order valence-corrected chi connectivity index (χ3v) is 3.36. The van der Waals surface area contributed by atoms with Crippen molar-refractivity contribution in [2.75, 3.05) is 26.3 Å². The van der Waals surface area contributed by atoms with E-state index in [0.717, 1.165) is 25.0 Å². The number of rotatable bonds is 6. The lowest BCUT2D eigenvalue weighted by molar-refractivity contribution is 0.0660. The van der Waals surface area contributed by atoms with Crippen LogP contribution in [0.15, 0.2) is 0 Å². The average Bonchev–Trinajstić information content (AvgIpc) is 2.26. The van der Waals surface area contributed by atoms with Gasteiger partial charge in [-0.05, 0) is 37.8 Å². The summed E-state index contributed by atoms with van der Waals surface area (Å²) < 4.78 is 5.34. The Kier molecular flexibility index (Phi) is 6.20. The molecule has 84 valence electrons. The Labute approximate surface area is 88.4 Å². The molecular weight excluding hydrogens is 174 g/mol. The van der Waals surface area contributed by atoms with Crippen molar-refractivity contribution in [2.45, 2.75) is 39.5 Å². The van der Waals surface area contributed by atoms with Gasteiger partial charge in [-0.2, -0.15) is 0 Å². The second-order valence-corrected chi connectivity index (χ2v) is 4.40. The molecule has 0 amide bonds. The zero-order chi connectivity index (χ0) is 10.2. The smallest absolute Gasteiger partial charge is 0.0469 e. The molecule has 0 atom stereocenters. The van der Waals surface area contributed by atoms with Crippen LogP contribution in [0, 0.1) is 11.8 Å². The highest BCUT2D eigenvalue weighted by Gasteiger charge is 2.13. The van der Waals surface area contributed by atoms with Gasteiger partial charge in [0.15, 0.2) is 0 Å². The van der Waals surface area contributed by atoms with Crippen LogP contribution in [0.3, 0.4) is 0 Å². The molecule has 1 aliphatic heterocycles. The Morgan fingerprint density at radius 2 is 1.86 bits per heavy atom. The van der Waals surface area contributed by atoms with E-state index in [1.807, 2.05) is 0 Å². The predicted octanol–water partition coefficient (Wildman–Crippen LogP) is 2.44. The van der Waals surface area contributed by atoms with Crippen LogP contribution in [0.4, 0.5) is 0 Å². The van der Waals surface area contributed by atoms with Crippen LogP contribution in [0.5, 0.6) is 0 Å². The molecule has 0 unspecified atom stereocenters. The molecule has 1 N–H and O–H groups in total. The summed E-state index contributed by atoms with van der Waals surface area (Å²) in [6.07, 6.45) is 5.10. The molecule has 0 aromatic heterocycles. The Morgan fingerprint density at radius 1 is 1.21 bits per heavy atom. The first-order valence-corrected chi connectivity index (χ1v) is 6.15. The fourth-order valence-electron chi connectivity index (χ4n) is 2.02. The van der Waals surface area contributed by atoms with E-state index in [1.54, 1.807) is 0 Å².